The van der Waals surface area contributed by atoms with Gasteiger partial charge in [-0.05, 0) is 50.7 Å². The van der Waals surface area contributed by atoms with Crippen LogP contribution in [0.15, 0.2) is 36.9 Å². The lowest BCUT2D eigenvalue weighted by atomic mass is 9.82. The summed E-state index contributed by atoms with van der Waals surface area (Å²) in [5, 5.41) is 17.4. The smallest absolute Gasteiger partial charge is 0.223 e. The number of aromatic nitrogens is 4. The van der Waals surface area contributed by atoms with E-state index in [2.05, 4.69) is 20.6 Å². The number of hydrogen-bond donors (Lipinski definition) is 3. The van der Waals surface area contributed by atoms with E-state index in [0.717, 1.165) is 47.8 Å². The third kappa shape index (κ3) is 4.66. The van der Waals surface area contributed by atoms with Gasteiger partial charge < -0.3 is 20.5 Å². The van der Waals surface area contributed by atoms with Gasteiger partial charge in [-0.15, -0.1) is 0 Å². The van der Waals surface area contributed by atoms with Crippen molar-refractivity contribution in [2.24, 2.45) is 0 Å². The molecule has 3 heterocycles. The Balaban J connectivity index is 1.72. The van der Waals surface area contributed by atoms with Crippen LogP contribution in [-0.4, -0.2) is 50.9 Å². The average Bonchev–Trinajstić information content (AvgIpc) is 2.75. The number of ether oxygens (including phenoxy) is 1. The van der Waals surface area contributed by atoms with Gasteiger partial charge in [-0.1, -0.05) is 0 Å². The molecule has 1 aliphatic rings. The summed E-state index contributed by atoms with van der Waals surface area (Å²) in [6.07, 6.45) is 10.5. The van der Waals surface area contributed by atoms with E-state index in [1.165, 1.54) is 0 Å². The van der Waals surface area contributed by atoms with E-state index in [1.54, 1.807) is 19.5 Å². The predicted octanol–water partition coefficient (Wildman–Crippen LogP) is 3.63. The minimum Gasteiger partial charge on any atom is -0.393 e. The number of aliphatic hydroxyl groups excluding tert-OH is 1. The van der Waals surface area contributed by atoms with Gasteiger partial charge in [0.15, 0.2) is 0 Å². The number of anilines is 3. The first-order chi connectivity index (χ1) is 14.6. The molecule has 4 rings (SSSR count). The molecular formula is C22H28N6O2. The highest BCUT2D eigenvalue weighted by molar-refractivity contribution is 5.93. The zero-order valence-corrected chi connectivity index (χ0v) is 17.4. The molecule has 1 fully saturated rings. The van der Waals surface area contributed by atoms with Crippen molar-refractivity contribution >= 4 is 28.4 Å². The fraction of sp³-hybridized carbons (Fsp3) is 0.455. The van der Waals surface area contributed by atoms with E-state index < -0.39 is 0 Å². The van der Waals surface area contributed by atoms with E-state index in [4.69, 9.17) is 14.7 Å². The van der Waals surface area contributed by atoms with Crippen LogP contribution in [0.3, 0.4) is 0 Å². The van der Waals surface area contributed by atoms with Crippen LogP contribution >= 0.6 is 0 Å². The quantitative estimate of drug-likeness (QED) is 0.544. The van der Waals surface area contributed by atoms with Gasteiger partial charge in [0, 0.05) is 37.3 Å². The number of nitrogens with zero attached hydrogens (tertiary/aromatic N) is 4. The number of rotatable bonds is 7. The van der Waals surface area contributed by atoms with Gasteiger partial charge >= 0.3 is 0 Å². The Labute approximate surface area is 176 Å². The predicted molar refractivity (Wildman–Crippen MR) is 117 cm³/mol. The standard InChI is InChI=1S/C22H28N6O2/c1-14(13-30-2)26-22-25-12-19-20(28-22)18(15-5-7-17(29)8-6-15)11-24-21(19)27-16-4-3-9-23-10-16/h3-4,9-12,14-15,17,29H,5-8,13H2,1-2H3,(H,24,27)(H,25,26,28)/t14-,15-,17-/m0/s1. The molecule has 3 aromatic heterocycles. The molecule has 0 spiro atoms. The lowest BCUT2D eigenvalue weighted by Crippen LogP contribution is -2.22. The number of aliphatic hydroxyl groups is 1. The molecule has 0 radical (unpaired) electrons. The Hall–Kier alpha value is -2.84. The largest absolute Gasteiger partial charge is 0.393 e. The van der Waals surface area contributed by atoms with Crippen LogP contribution in [0.25, 0.3) is 10.9 Å². The maximum absolute atomic E-state index is 9.91. The molecular weight excluding hydrogens is 380 g/mol. The molecule has 0 amide bonds. The molecule has 8 heteroatoms. The summed E-state index contributed by atoms with van der Waals surface area (Å²) in [7, 11) is 1.68. The van der Waals surface area contributed by atoms with Gasteiger partial charge in [-0.25, -0.2) is 15.0 Å². The third-order valence-corrected chi connectivity index (χ3v) is 5.50. The summed E-state index contributed by atoms with van der Waals surface area (Å²) in [5.74, 6) is 1.60. The van der Waals surface area contributed by atoms with Gasteiger partial charge in [-0.3, -0.25) is 4.98 Å². The molecule has 158 valence electrons. The first-order valence-corrected chi connectivity index (χ1v) is 10.4. The maximum atomic E-state index is 9.91. The Morgan fingerprint density at radius 1 is 1.17 bits per heavy atom. The summed E-state index contributed by atoms with van der Waals surface area (Å²) in [6.45, 7) is 2.60. The molecule has 1 saturated carbocycles. The molecule has 8 nitrogen and oxygen atoms in total. The van der Waals surface area contributed by atoms with Crippen LogP contribution in [0, 0.1) is 0 Å². The van der Waals surface area contributed by atoms with Crippen molar-refractivity contribution in [3.8, 4) is 0 Å². The molecule has 0 aliphatic heterocycles. The van der Waals surface area contributed by atoms with Crippen molar-refractivity contribution in [1.29, 1.82) is 0 Å². The van der Waals surface area contributed by atoms with Crippen LogP contribution in [0.5, 0.6) is 0 Å². The van der Waals surface area contributed by atoms with Crippen LogP contribution in [0.4, 0.5) is 17.5 Å². The fourth-order valence-electron chi connectivity index (χ4n) is 3.98. The summed E-state index contributed by atoms with van der Waals surface area (Å²) < 4.78 is 5.21. The molecule has 1 aliphatic carbocycles. The number of methoxy groups -OCH3 is 1. The van der Waals surface area contributed by atoms with Crippen molar-refractivity contribution < 1.29 is 9.84 Å². The fourth-order valence-corrected chi connectivity index (χ4v) is 3.98. The van der Waals surface area contributed by atoms with Crippen LogP contribution in [0.1, 0.15) is 44.1 Å². The number of pyridine rings is 2. The SMILES string of the molecule is COC[C@H](C)Nc1ncc2c(Nc3cccnc3)ncc([C@H]3CC[C@H](O)CC3)c2n1. The molecule has 30 heavy (non-hydrogen) atoms. The van der Waals surface area contributed by atoms with Gasteiger partial charge in [0.25, 0.3) is 0 Å². The topological polar surface area (TPSA) is 105 Å². The number of fused-ring (bicyclic) bond motifs is 1. The van der Waals surface area contributed by atoms with Crippen molar-refractivity contribution in [3.05, 3.63) is 42.5 Å². The summed E-state index contributed by atoms with van der Waals surface area (Å²) in [5.41, 5.74) is 2.86. The second-order valence-corrected chi connectivity index (χ2v) is 7.89. The minimum atomic E-state index is -0.200. The van der Waals surface area contributed by atoms with Gasteiger partial charge in [-0.2, -0.15) is 0 Å². The van der Waals surface area contributed by atoms with Gasteiger partial charge in [0.05, 0.1) is 35.5 Å². The second-order valence-electron chi connectivity index (χ2n) is 7.89. The van der Waals surface area contributed by atoms with E-state index in [9.17, 15) is 5.11 Å². The summed E-state index contributed by atoms with van der Waals surface area (Å²) >= 11 is 0. The molecule has 0 aromatic carbocycles. The maximum Gasteiger partial charge on any atom is 0.223 e. The van der Waals surface area contributed by atoms with Crippen molar-refractivity contribution in [3.63, 3.8) is 0 Å². The van der Waals surface area contributed by atoms with Gasteiger partial charge in [0.1, 0.15) is 5.82 Å². The Morgan fingerprint density at radius 2 is 2.00 bits per heavy atom. The first kappa shape index (κ1) is 20.4. The summed E-state index contributed by atoms with van der Waals surface area (Å²) in [6, 6.07) is 3.91. The molecule has 0 saturated heterocycles. The third-order valence-electron chi connectivity index (χ3n) is 5.50. The molecule has 0 bridgehead atoms. The highest BCUT2D eigenvalue weighted by Crippen LogP contribution is 2.37. The van der Waals surface area contributed by atoms with Crippen LogP contribution in [-0.2, 0) is 4.74 Å². The molecule has 0 unspecified atom stereocenters. The van der Waals surface area contributed by atoms with E-state index in [-0.39, 0.29) is 12.1 Å². The van der Waals surface area contributed by atoms with Crippen molar-refractivity contribution in [2.45, 2.75) is 50.7 Å². The lowest BCUT2D eigenvalue weighted by molar-refractivity contribution is 0.122. The average molecular weight is 409 g/mol. The second kappa shape index (κ2) is 9.32. The van der Waals surface area contributed by atoms with E-state index in [1.807, 2.05) is 31.5 Å². The molecule has 1 atom stereocenters. The highest BCUT2D eigenvalue weighted by atomic mass is 16.5. The lowest BCUT2D eigenvalue weighted by Gasteiger charge is -2.26. The Morgan fingerprint density at radius 3 is 2.73 bits per heavy atom. The minimum absolute atomic E-state index is 0.0931. The zero-order chi connectivity index (χ0) is 20.9. The van der Waals surface area contributed by atoms with Crippen LogP contribution in [0.2, 0.25) is 0 Å². The zero-order valence-electron chi connectivity index (χ0n) is 17.4. The van der Waals surface area contributed by atoms with Crippen molar-refractivity contribution in [1.82, 2.24) is 19.9 Å². The first-order valence-electron chi connectivity index (χ1n) is 10.4. The Kier molecular flexibility index (Phi) is 6.35. The summed E-state index contributed by atoms with van der Waals surface area (Å²) in [4.78, 5) is 18.2. The van der Waals surface area contributed by atoms with Crippen LogP contribution < -0.4 is 10.6 Å². The molecule has 3 N–H and O–H groups in total. The van der Waals surface area contributed by atoms with E-state index >= 15 is 0 Å². The van der Waals surface area contributed by atoms with Gasteiger partial charge in [0.2, 0.25) is 5.95 Å². The van der Waals surface area contributed by atoms with E-state index in [0.29, 0.717) is 24.3 Å². The number of hydrogen-bond acceptors (Lipinski definition) is 8. The number of nitrogens with one attached hydrogen (secondary N) is 2. The van der Waals surface area contributed by atoms with Crippen molar-refractivity contribution in [2.75, 3.05) is 24.4 Å². The highest BCUT2D eigenvalue weighted by Gasteiger charge is 2.24. The normalized spacial score (nSPS) is 20.1. The Bertz CT molecular complexity index is 976. The monoisotopic (exact) mass is 408 g/mol. The molecule has 3 aromatic rings.